The fourth-order valence-corrected chi connectivity index (χ4v) is 2.55. The van der Waals surface area contributed by atoms with Gasteiger partial charge < -0.3 is 20.7 Å². The largest absolute Gasteiger partial charge is 0.497 e. The van der Waals surface area contributed by atoms with Gasteiger partial charge in [-0.1, -0.05) is 35.9 Å². The third-order valence-electron chi connectivity index (χ3n) is 3.74. The molecule has 2 aromatic carbocycles. The number of amides is 1. The molecule has 0 aromatic heterocycles. The summed E-state index contributed by atoms with van der Waals surface area (Å²) in [4.78, 5) is 16.7. The van der Waals surface area contributed by atoms with E-state index in [1.165, 1.54) is 0 Å². The van der Waals surface area contributed by atoms with E-state index in [0.717, 1.165) is 12.1 Å². The summed E-state index contributed by atoms with van der Waals surface area (Å²) in [6.45, 7) is 4.23. The second kappa shape index (κ2) is 13.2. The number of carbonyl (C=O) groups excluding carboxylic acids is 1. The van der Waals surface area contributed by atoms with Crippen molar-refractivity contribution in [1.29, 1.82) is 0 Å². The van der Waals surface area contributed by atoms with Crippen molar-refractivity contribution in [1.82, 2.24) is 16.0 Å². The lowest BCUT2D eigenvalue weighted by molar-refractivity contribution is 0.0954. The Kier molecular flexibility index (Phi) is 11.4. The molecule has 2 rings (SSSR count). The Hall–Kier alpha value is -2.00. The summed E-state index contributed by atoms with van der Waals surface area (Å²) < 4.78 is 5.14. The van der Waals surface area contributed by atoms with E-state index in [4.69, 9.17) is 16.3 Å². The van der Waals surface area contributed by atoms with E-state index >= 15 is 0 Å². The van der Waals surface area contributed by atoms with E-state index in [2.05, 4.69) is 20.9 Å². The minimum absolute atomic E-state index is 0. The number of halogens is 2. The molecule has 0 heterocycles. The zero-order valence-corrected chi connectivity index (χ0v) is 19.1. The molecule has 2 aromatic rings. The highest BCUT2D eigenvalue weighted by atomic mass is 127. The maximum atomic E-state index is 12.2. The van der Waals surface area contributed by atoms with Crippen molar-refractivity contribution in [3.05, 3.63) is 64.7 Å². The molecule has 3 N–H and O–H groups in total. The molecular formula is C20H26ClIN4O2. The summed E-state index contributed by atoms with van der Waals surface area (Å²) in [6.07, 6.45) is 0. The summed E-state index contributed by atoms with van der Waals surface area (Å²) in [5, 5.41) is 9.94. The van der Waals surface area contributed by atoms with Crippen LogP contribution in [0.1, 0.15) is 22.8 Å². The predicted molar refractivity (Wildman–Crippen MR) is 125 cm³/mol. The van der Waals surface area contributed by atoms with Gasteiger partial charge >= 0.3 is 0 Å². The molecule has 0 radical (unpaired) electrons. The molecule has 6 nitrogen and oxygen atoms in total. The van der Waals surface area contributed by atoms with E-state index in [9.17, 15) is 4.79 Å². The fourth-order valence-electron chi connectivity index (χ4n) is 2.36. The monoisotopic (exact) mass is 516 g/mol. The van der Waals surface area contributed by atoms with Gasteiger partial charge in [-0.05, 0) is 36.8 Å². The molecule has 0 bridgehead atoms. The fraction of sp³-hybridized carbons (Fsp3) is 0.300. The van der Waals surface area contributed by atoms with Crippen molar-refractivity contribution >= 4 is 47.4 Å². The van der Waals surface area contributed by atoms with Crippen LogP contribution in [0.15, 0.2) is 53.5 Å². The first kappa shape index (κ1) is 24.0. The molecule has 0 spiro atoms. The molecule has 0 unspecified atom stereocenters. The third kappa shape index (κ3) is 7.93. The molecule has 0 fully saturated rings. The van der Waals surface area contributed by atoms with Gasteiger partial charge in [0.05, 0.1) is 13.7 Å². The highest BCUT2D eigenvalue weighted by Gasteiger charge is 2.06. The van der Waals surface area contributed by atoms with Gasteiger partial charge in [0, 0.05) is 30.2 Å². The van der Waals surface area contributed by atoms with E-state index in [-0.39, 0.29) is 29.9 Å². The number of rotatable bonds is 8. The van der Waals surface area contributed by atoms with E-state index in [1.54, 1.807) is 31.4 Å². The van der Waals surface area contributed by atoms with Gasteiger partial charge in [0.2, 0.25) is 0 Å². The van der Waals surface area contributed by atoms with Crippen LogP contribution in [0.3, 0.4) is 0 Å². The standard InChI is InChI=1S/C20H25ClN4O2.HI/c1-3-22-20(25-14-16-7-4-5-10-18(16)21)24-12-11-23-19(26)15-8-6-9-17(13-15)27-2;/h4-10,13H,3,11-12,14H2,1-2H3,(H,23,26)(H2,22,24,25);1H. The minimum Gasteiger partial charge on any atom is -0.497 e. The Morgan fingerprint density at radius 3 is 2.54 bits per heavy atom. The Bertz CT molecular complexity index is 786. The molecule has 8 heteroatoms. The number of guanidine groups is 1. The predicted octanol–water partition coefficient (Wildman–Crippen LogP) is 3.45. The third-order valence-corrected chi connectivity index (χ3v) is 4.11. The zero-order valence-electron chi connectivity index (χ0n) is 16.0. The van der Waals surface area contributed by atoms with Gasteiger partial charge in [-0.2, -0.15) is 0 Å². The van der Waals surface area contributed by atoms with Crippen LogP contribution < -0.4 is 20.7 Å². The minimum atomic E-state index is -0.145. The first-order valence-electron chi connectivity index (χ1n) is 8.82. The normalized spacial score (nSPS) is 10.6. The van der Waals surface area contributed by atoms with Crippen LogP contribution in [0, 0.1) is 0 Å². The quantitative estimate of drug-likeness (QED) is 0.217. The second-order valence-corrected chi connectivity index (χ2v) is 6.11. The van der Waals surface area contributed by atoms with Crippen molar-refractivity contribution in [2.24, 2.45) is 4.99 Å². The lowest BCUT2D eigenvalue weighted by Gasteiger charge is -2.12. The van der Waals surface area contributed by atoms with Crippen LogP contribution >= 0.6 is 35.6 Å². The zero-order chi connectivity index (χ0) is 19.5. The first-order chi connectivity index (χ1) is 13.1. The van der Waals surface area contributed by atoms with Gasteiger partial charge in [0.15, 0.2) is 5.96 Å². The molecule has 152 valence electrons. The van der Waals surface area contributed by atoms with Gasteiger partial charge in [-0.15, -0.1) is 24.0 Å². The number of nitrogens with zero attached hydrogens (tertiary/aromatic N) is 1. The molecule has 0 aliphatic heterocycles. The second-order valence-electron chi connectivity index (χ2n) is 5.70. The van der Waals surface area contributed by atoms with Crippen LogP contribution in [0.25, 0.3) is 0 Å². The van der Waals surface area contributed by atoms with E-state index < -0.39 is 0 Å². The number of hydrogen-bond donors (Lipinski definition) is 3. The van der Waals surface area contributed by atoms with Crippen molar-refractivity contribution in [3.63, 3.8) is 0 Å². The molecule has 0 aliphatic rings. The summed E-state index contributed by atoms with van der Waals surface area (Å²) in [5.41, 5.74) is 1.52. The summed E-state index contributed by atoms with van der Waals surface area (Å²) in [5.74, 6) is 1.18. The highest BCUT2D eigenvalue weighted by Crippen LogP contribution is 2.15. The van der Waals surface area contributed by atoms with E-state index in [1.807, 2.05) is 31.2 Å². The average molecular weight is 517 g/mol. The SMILES string of the molecule is CCNC(=NCc1ccccc1Cl)NCCNC(=O)c1cccc(OC)c1.I. The van der Waals surface area contributed by atoms with Gasteiger partial charge in [0.25, 0.3) is 5.91 Å². The van der Waals surface area contributed by atoms with Crippen LogP contribution in [0.2, 0.25) is 5.02 Å². The number of benzene rings is 2. The Morgan fingerprint density at radius 1 is 1.07 bits per heavy atom. The van der Waals surface area contributed by atoms with Crippen LogP contribution in [0.4, 0.5) is 0 Å². The molecule has 0 aliphatic carbocycles. The number of nitrogens with one attached hydrogen (secondary N) is 3. The number of ether oxygens (including phenoxy) is 1. The van der Waals surface area contributed by atoms with Crippen LogP contribution in [-0.2, 0) is 6.54 Å². The first-order valence-corrected chi connectivity index (χ1v) is 9.19. The van der Waals surface area contributed by atoms with Gasteiger partial charge in [0.1, 0.15) is 5.75 Å². The molecule has 0 saturated heterocycles. The summed E-state index contributed by atoms with van der Waals surface area (Å²) >= 11 is 6.16. The Balaban J connectivity index is 0.00000392. The highest BCUT2D eigenvalue weighted by molar-refractivity contribution is 14.0. The van der Waals surface area contributed by atoms with Crippen molar-refractivity contribution in [3.8, 4) is 5.75 Å². The van der Waals surface area contributed by atoms with Crippen LogP contribution in [0.5, 0.6) is 5.75 Å². The number of carbonyl (C=O) groups is 1. The Labute approximate surface area is 188 Å². The summed E-state index contributed by atoms with van der Waals surface area (Å²) in [7, 11) is 1.57. The lowest BCUT2D eigenvalue weighted by Crippen LogP contribution is -2.41. The number of methoxy groups -OCH3 is 1. The maximum absolute atomic E-state index is 12.2. The lowest BCUT2D eigenvalue weighted by atomic mass is 10.2. The number of aliphatic imine (C=N–C) groups is 1. The summed E-state index contributed by atoms with van der Waals surface area (Å²) in [6, 6.07) is 14.7. The molecule has 28 heavy (non-hydrogen) atoms. The topological polar surface area (TPSA) is 74.8 Å². The Morgan fingerprint density at radius 2 is 1.82 bits per heavy atom. The van der Waals surface area contributed by atoms with E-state index in [0.29, 0.717) is 41.9 Å². The van der Waals surface area contributed by atoms with Gasteiger partial charge in [-0.25, -0.2) is 4.99 Å². The van der Waals surface area contributed by atoms with Crippen molar-refractivity contribution in [2.45, 2.75) is 13.5 Å². The van der Waals surface area contributed by atoms with Crippen molar-refractivity contribution in [2.75, 3.05) is 26.7 Å². The van der Waals surface area contributed by atoms with Crippen molar-refractivity contribution < 1.29 is 9.53 Å². The number of hydrogen-bond acceptors (Lipinski definition) is 3. The van der Waals surface area contributed by atoms with Gasteiger partial charge in [-0.3, -0.25) is 4.79 Å². The van der Waals surface area contributed by atoms with Crippen LogP contribution in [-0.4, -0.2) is 38.6 Å². The smallest absolute Gasteiger partial charge is 0.251 e. The molecule has 0 saturated carbocycles. The maximum Gasteiger partial charge on any atom is 0.251 e. The molecule has 0 atom stereocenters. The molecular weight excluding hydrogens is 491 g/mol. The molecule has 1 amide bonds. The average Bonchev–Trinajstić information content (AvgIpc) is 2.70.